The summed E-state index contributed by atoms with van der Waals surface area (Å²) in [6.07, 6.45) is 5.13. The normalized spacial score (nSPS) is 24.3. The van der Waals surface area contributed by atoms with E-state index in [0.29, 0.717) is 18.3 Å². The van der Waals surface area contributed by atoms with E-state index in [-0.39, 0.29) is 5.60 Å². The minimum absolute atomic E-state index is 0.0194. The van der Waals surface area contributed by atoms with Gasteiger partial charge in [-0.3, -0.25) is 0 Å². The fourth-order valence-electron chi connectivity index (χ4n) is 2.80. The van der Waals surface area contributed by atoms with Crippen LogP contribution < -0.4 is 5.32 Å². The molecule has 0 aromatic carbocycles. The van der Waals surface area contributed by atoms with E-state index in [1.165, 1.54) is 0 Å². The molecule has 0 saturated carbocycles. The van der Waals surface area contributed by atoms with Gasteiger partial charge in [-0.2, -0.15) is 0 Å². The van der Waals surface area contributed by atoms with Gasteiger partial charge in [0.2, 0.25) is 0 Å². The van der Waals surface area contributed by atoms with Crippen LogP contribution in [0.25, 0.3) is 0 Å². The first-order valence-corrected chi connectivity index (χ1v) is 7.28. The monoisotopic (exact) mass is 267 g/mol. The summed E-state index contributed by atoms with van der Waals surface area (Å²) < 4.78 is 11.2. The lowest BCUT2D eigenvalue weighted by atomic mass is 9.86. The predicted octanol–water partition coefficient (Wildman–Crippen LogP) is 2.64. The van der Waals surface area contributed by atoms with Gasteiger partial charge in [-0.15, -0.1) is 0 Å². The largest absolute Gasteiger partial charge is 0.467 e. The smallest absolute Gasteiger partial charge is 0.133 e. The second kappa shape index (κ2) is 6.55. The van der Waals surface area contributed by atoms with Crippen molar-refractivity contribution in [1.29, 1.82) is 0 Å². The number of nitrogens with one attached hydrogen (secondary N) is 1. The number of rotatable bonds is 6. The molecule has 2 heterocycles. The van der Waals surface area contributed by atoms with E-state index >= 15 is 0 Å². The summed E-state index contributed by atoms with van der Waals surface area (Å²) in [6.45, 7) is 5.70. The highest BCUT2D eigenvalue weighted by Crippen LogP contribution is 2.31. The molecule has 2 atom stereocenters. The predicted molar refractivity (Wildman–Crippen MR) is 74.0 cm³/mol. The van der Waals surface area contributed by atoms with Gasteiger partial charge in [0.25, 0.3) is 0 Å². The lowest BCUT2D eigenvalue weighted by Crippen LogP contribution is -2.47. The van der Waals surface area contributed by atoms with Crippen LogP contribution in [0.3, 0.4) is 0 Å². The van der Waals surface area contributed by atoms with Gasteiger partial charge in [0.15, 0.2) is 0 Å². The van der Waals surface area contributed by atoms with E-state index in [2.05, 4.69) is 19.2 Å². The van der Waals surface area contributed by atoms with Gasteiger partial charge in [-0.05, 0) is 37.8 Å². The average molecular weight is 267 g/mol. The number of ether oxygens (including phenoxy) is 1. The molecule has 2 rings (SSSR count). The van der Waals surface area contributed by atoms with Gasteiger partial charge in [0.05, 0.1) is 11.9 Å². The zero-order valence-electron chi connectivity index (χ0n) is 11.9. The van der Waals surface area contributed by atoms with Gasteiger partial charge in [-0.25, -0.2) is 0 Å². The molecule has 0 aliphatic carbocycles. The average Bonchev–Trinajstić information content (AvgIpc) is 2.99. The summed E-state index contributed by atoms with van der Waals surface area (Å²) >= 11 is 0. The molecular formula is C15H25NO3. The molecule has 0 bridgehead atoms. The van der Waals surface area contributed by atoms with Crippen molar-refractivity contribution in [2.45, 2.75) is 57.3 Å². The fraction of sp³-hybridized carbons (Fsp3) is 0.733. The highest BCUT2D eigenvalue weighted by Gasteiger charge is 2.34. The van der Waals surface area contributed by atoms with E-state index in [1.54, 1.807) is 18.4 Å². The molecule has 0 radical (unpaired) electrons. The van der Waals surface area contributed by atoms with Crippen molar-refractivity contribution in [2.24, 2.45) is 0 Å². The van der Waals surface area contributed by atoms with Gasteiger partial charge >= 0.3 is 0 Å². The summed E-state index contributed by atoms with van der Waals surface area (Å²) in [6, 6.07) is 4.02. The van der Waals surface area contributed by atoms with Crippen molar-refractivity contribution in [3.63, 3.8) is 0 Å². The summed E-state index contributed by atoms with van der Waals surface area (Å²) in [5.74, 6) is 0.622. The molecule has 1 saturated heterocycles. The Kier molecular flexibility index (Phi) is 5.02. The molecule has 2 unspecified atom stereocenters. The van der Waals surface area contributed by atoms with Crippen LogP contribution in [-0.2, 0) is 4.74 Å². The van der Waals surface area contributed by atoms with Crippen molar-refractivity contribution in [2.75, 3.05) is 13.2 Å². The number of aliphatic hydroxyl groups is 1. The van der Waals surface area contributed by atoms with Crippen molar-refractivity contribution >= 4 is 0 Å². The molecule has 0 spiro atoms. The van der Waals surface area contributed by atoms with Crippen LogP contribution in [0.4, 0.5) is 0 Å². The first-order valence-electron chi connectivity index (χ1n) is 7.28. The zero-order chi connectivity index (χ0) is 13.7. The second-order valence-electron chi connectivity index (χ2n) is 5.37. The topological polar surface area (TPSA) is 54.6 Å². The highest BCUT2D eigenvalue weighted by atomic mass is 16.5. The Labute approximate surface area is 115 Å². The molecule has 1 aliphatic heterocycles. The van der Waals surface area contributed by atoms with E-state index < -0.39 is 6.10 Å². The molecule has 0 amide bonds. The number of aliphatic hydroxyl groups excluding tert-OH is 1. The second-order valence-corrected chi connectivity index (χ2v) is 5.37. The van der Waals surface area contributed by atoms with Crippen molar-refractivity contribution < 1.29 is 14.3 Å². The summed E-state index contributed by atoms with van der Waals surface area (Å²) in [4.78, 5) is 0. The third-order valence-electron chi connectivity index (χ3n) is 4.25. The maximum absolute atomic E-state index is 10.00. The standard InChI is InChI=1S/C15H25NO3/c1-3-15(4-2)10-12(7-9-19-15)16-11-13(17)14-6-5-8-18-14/h5-6,8,12-13,16-17H,3-4,7,9-11H2,1-2H3. The van der Waals surface area contributed by atoms with Gasteiger partial charge in [0.1, 0.15) is 11.9 Å². The van der Waals surface area contributed by atoms with Crippen LogP contribution >= 0.6 is 0 Å². The van der Waals surface area contributed by atoms with Crippen LogP contribution in [-0.4, -0.2) is 29.9 Å². The van der Waals surface area contributed by atoms with Gasteiger partial charge in [-0.1, -0.05) is 13.8 Å². The minimum Gasteiger partial charge on any atom is -0.467 e. The Hall–Kier alpha value is -0.840. The first kappa shape index (κ1) is 14.6. The number of hydrogen-bond donors (Lipinski definition) is 2. The molecule has 4 heteroatoms. The third kappa shape index (κ3) is 3.59. The van der Waals surface area contributed by atoms with Crippen molar-refractivity contribution in [1.82, 2.24) is 5.32 Å². The highest BCUT2D eigenvalue weighted by molar-refractivity contribution is 5.02. The molecule has 1 aliphatic rings. The first-order chi connectivity index (χ1) is 9.19. The lowest BCUT2D eigenvalue weighted by molar-refractivity contribution is -0.0938. The molecule has 4 nitrogen and oxygen atoms in total. The van der Waals surface area contributed by atoms with Crippen molar-refractivity contribution in [3.05, 3.63) is 24.2 Å². The fourth-order valence-corrected chi connectivity index (χ4v) is 2.80. The summed E-state index contributed by atoms with van der Waals surface area (Å²) in [5.41, 5.74) is 0.0194. The zero-order valence-corrected chi connectivity index (χ0v) is 11.9. The third-order valence-corrected chi connectivity index (χ3v) is 4.25. The Morgan fingerprint density at radius 3 is 2.89 bits per heavy atom. The lowest BCUT2D eigenvalue weighted by Gasteiger charge is -2.40. The van der Waals surface area contributed by atoms with E-state index in [4.69, 9.17) is 9.15 Å². The maximum atomic E-state index is 10.00. The molecule has 2 N–H and O–H groups in total. The molecule has 1 fully saturated rings. The number of hydrogen-bond acceptors (Lipinski definition) is 4. The molecular weight excluding hydrogens is 242 g/mol. The SMILES string of the molecule is CCC1(CC)CC(NCC(O)c2ccco2)CCO1. The minimum atomic E-state index is -0.574. The molecule has 108 valence electrons. The Morgan fingerprint density at radius 1 is 1.47 bits per heavy atom. The maximum Gasteiger partial charge on any atom is 0.133 e. The van der Waals surface area contributed by atoms with Crippen LogP contribution in [0.5, 0.6) is 0 Å². The van der Waals surface area contributed by atoms with Crippen LogP contribution in [0.2, 0.25) is 0 Å². The van der Waals surface area contributed by atoms with Crippen molar-refractivity contribution in [3.8, 4) is 0 Å². The van der Waals surface area contributed by atoms with Gasteiger partial charge in [0, 0.05) is 19.2 Å². The summed E-state index contributed by atoms with van der Waals surface area (Å²) in [7, 11) is 0. The Balaban J connectivity index is 1.82. The van der Waals surface area contributed by atoms with Crippen LogP contribution in [0, 0.1) is 0 Å². The molecule has 1 aromatic rings. The summed E-state index contributed by atoms with van der Waals surface area (Å²) in [5, 5.41) is 13.4. The van der Waals surface area contributed by atoms with E-state index in [0.717, 1.165) is 32.3 Å². The Bertz CT molecular complexity index is 359. The van der Waals surface area contributed by atoms with E-state index in [1.807, 2.05) is 0 Å². The molecule has 1 aromatic heterocycles. The quantitative estimate of drug-likeness (QED) is 0.832. The van der Waals surface area contributed by atoms with Crippen LogP contribution in [0.15, 0.2) is 22.8 Å². The van der Waals surface area contributed by atoms with Gasteiger partial charge < -0.3 is 19.6 Å². The molecule has 19 heavy (non-hydrogen) atoms. The van der Waals surface area contributed by atoms with E-state index in [9.17, 15) is 5.11 Å². The van der Waals surface area contributed by atoms with Crippen LogP contribution in [0.1, 0.15) is 51.4 Å². The Morgan fingerprint density at radius 2 is 2.26 bits per heavy atom. The number of furan rings is 1.